The molecule has 1 fully saturated rings. The maximum absolute atomic E-state index is 5.52. The van der Waals surface area contributed by atoms with E-state index in [9.17, 15) is 0 Å². The molecule has 3 atom stereocenters. The second-order valence-corrected chi connectivity index (χ2v) is 3.45. The van der Waals surface area contributed by atoms with Gasteiger partial charge in [-0.3, -0.25) is 0 Å². The van der Waals surface area contributed by atoms with Crippen molar-refractivity contribution in [3.05, 3.63) is 12.7 Å². The van der Waals surface area contributed by atoms with E-state index in [1.165, 1.54) is 6.42 Å². The Labute approximate surface area is 75.0 Å². The maximum atomic E-state index is 5.52. The van der Waals surface area contributed by atoms with Crippen LogP contribution >= 0.6 is 0 Å². The summed E-state index contributed by atoms with van der Waals surface area (Å²) in [7, 11) is 2.01. The van der Waals surface area contributed by atoms with Crippen LogP contribution in [0.3, 0.4) is 0 Å². The van der Waals surface area contributed by atoms with Gasteiger partial charge in [-0.1, -0.05) is 6.08 Å². The topological polar surface area (TPSA) is 21.3 Å². The quantitative estimate of drug-likeness (QED) is 0.645. The second-order valence-electron chi connectivity index (χ2n) is 3.45. The molecule has 1 rings (SSSR count). The molecule has 1 aliphatic rings. The fourth-order valence-electron chi connectivity index (χ4n) is 1.96. The van der Waals surface area contributed by atoms with Crippen molar-refractivity contribution >= 4 is 0 Å². The first-order valence-electron chi connectivity index (χ1n) is 4.69. The molecule has 2 heteroatoms. The largest absolute Gasteiger partial charge is 0.378 e. The average Bonchev–Trinajstić information content (AvgIpc) is 2.47. The third-order valence-corrected chi connectivity index (χ3v) is 2.74. The first-order valence-corrected chi connectivity index (χ1v) is 4.69. The van der Waals surface area contributed by atoms with Crippen LogP contribution in [0.2, 0.25) is 0 Å². The van der Waals surface area contributed by atoms with Gasteiger partial charge in [-0.15, -0.1) is 6.58 Å². The van der Waals surface area contributed by atoms with E-state index in [1.807, 2.05) is 13.1 Å². The van der Waals surface area contributed by atoms with Crippen molar-refractivity contribution in [2.24, 2.45) is 5.92 Å². The highest BCUT2D eigenvalue weighted by Gasteiger charge is 2.29. The van der Waals surface area contributed by atoms with Gasteiger partial charge in [0.15, 0.2) is 0 Å². The van der Waals surface area contributed by atoms with E-state index in [2.05, 4.69) is 18.8 Å². The van der Waals surface area contributed by atoms with Crippen LogP contribution in [0.15, 0.2) is 12.7 Å². The van der Waals surface area contributed by atoms with Gasteiger partial charge < -0.3 is 10.1 Å². The lowest BCUT2D eigenvalue weighted by atomic mass is 9.91. The molecule has 0 aromatic carbocycles. The first kappa shape index (κ1) is 9.75. The Hall–Kier alpha value is -0.340. The summed E-state index contributed by atoms with van der Waals surface area (Å²) in [6, 6.07) is 0.542. The van der Waals surface area contributed by atoms with E-state index < -0.39 is 0 Å². The lowest BCUT2D eigenvalue weighted by molar-refractivity contribution is 0.0966. The molecule has 1 N–H and O–H groups in total. The molecule has 0 bridgehead atoms. The van der Waals surface area contributed by atoms with Gasteiger partial charge in [0.2, 0.25) is 0 Å². The minimum atomic E-state index is 0.405. The lowest BCUT2D eigenvalue weighted by Gasteiger charge is -2.24. The molecular formula is C10H19NO. The Bertz CT molecular complexity index is 147. The Morgan fingerprint density at radius 1 is 1.75 bits per heavy atom. The van der Waals surface area contributed by atoms with Gasteiger partial charge in [-0.05, 0) is 26.8 Å². The number of hydrogen-bond acceptors (Lipinski definition) is 2. The van der Waals surface area contributed by atoms with Crippen molar-refractivity contribution in [1.82, 2.24) is 5.32 Å². The van der Waals surface area contributed by atoms with Crippen LogP contribution in [0.5, 0.6) is 0 Å². The minimum absolute atomic E-state index is 0.405. The number of rotatable bonds is 4. The molecule has 0 saturated carbocycles. The van der Waals surface area contributed by atoms with Gasteiger partial charge in [0.1, 0.15) is 0 Å². The number of nitrogens with one attached hydrogen (secondary N) is 1. The molecule has 1 aliphatic heterocycles. The SMILES string of the molecule is C=CCC(NC)C1CCOC1C. The van der Waals surface area contributed by atoms with Crippen LogP contribution in [0.25, 0.3) is 0 Å². The normalized spacial score (nSPS) is 31.8. The van der Waals surface area contributed by atoms with Crippen LogP contribution in [0.1, 0.15) is 19.8 Å². The summed E-state index contributed by atoms with van der Waals surface area (Å²) in [5, 5.41) is 3.32. The molecule has 0 amide bonds. The van der Waals surface area contributed by atoms with Gasteiger partial charge in [-0.25, -0.2) is 0 Å². The Kier molecular flexibility index (Phi) is 3.76. The van der Waals surface area contributed by atoms with Crippen LogP contribution < -0.4 is 5.32 Å². The molecule has 1 heterocycles. The standard InChI is InChI=1S/C10H19NO/c1-4-5-10(11-3)9-6-7-12-8(9)2/h4,8-11H,1,5-7H2,2-3H3. The summed E-state index contributed by atoms with van der Waals surface area (Å²) in [5.41, 5.74) is 0. The van der Waals surface area contributed by atoms with Crippen LogP contribution in [-0.2, 0) is 4.74 Å². The van der Waals surface area contributed by atoms with Gasteiger partial charge in [0.25, 0.3) is 0 Å². The lowest BCUT2D eigenvalue weighted by Crippen LogP contribution is -2.36. The zero-order valence-electron chi connectivity index (χ0n) is 8.05. The van der Waals surface area contributed by atoms with E-state index in [-0.39, 0.29) is 0 Å². The summed E-state index contributed by atoms with van der Waals surface area (Å²) in [6.45, 7) is 6.84. The summed E-state index contributed by atoms with van der Waals surface area (Å²) in [6.07, 6.45) is 4.60. The Morgan fingerprint density at radius 3 is 2.92 bits per heavy atom. The van der Waals surface area contributed by atoms with Gasteiger partial charge in [-0.2, -0.15) is 0 Å². The van der Waals surface area contributed by atoms with Crippen LogP contribution in [-0.4, -0.2) is 25.8 Å². The third-order valence-electron chi connectivity index (χ3n) is 2.74. The molecular weight excluding hydrogens is 150 g/mol. The fourth-order valence-corrected chi connectivity index (χ4v) is 1.96. The molecule has 3 unspecified atom stereocenters. The van der Waals surface area contributed by atoms with Gasteiger partial charge >= 0.3 is 0 Å². The molecule has 0 aromatic heterocycles. The number of hydrogen-bond donors (Lipinski definition) is 1. The smallest absolute Gasteiger partial charge is 0.0590 e. The molecule has 0 aliphatic carbocycles. The average molecular weight is 169 g/mol. The summed E-state index contributed by atoms with van der Waals surface area (Å²) >= 11 is 0. The molecule has 0 aromatic rings. The van der Waals surface area contributed by atoms with Crippen molar-refractivity contribution in [1.29, 1.82) is 0 Å². The van der Waals surface area contributed by atoms with Crippen molar-refractivity contribution in [2.75, 3.05) is 13.7 Å². The maximum Gasteiger partial charge on any atom is 0.0590 e. The monoisotopic (exact) mass is 169 g/mol. The second kappa shape index (κ2) is 4.63. The van der Waals surface area contributed by atoms with Crippen molar-refractivity contribution < 1.29 is 4.74 Å². The predicted molar refractivity (Wildman–Crippen MR) is 51.2 cm³/mol. The minimum Gasteiger partial charge on any atom is -0.378 e. The Morgan fingerprint density at radius 2 is 2.50 bits per heavy atom. The molecule has 0 spiro atoms. The first-order chi connectivity index (χ1) is 5.79. The molecule has 2 nitrogen and oxygen atoms in total. The van der Waals surface area contributed by atoms with Gasteiger partial charge in [0, 0.05) is 18.6 Å². The number of ether oxygens (including phenoxy) is 1. The summed E-state index contributed by atoms with van der Waals surface area (Å²) < 4.78 is 5.52. The van der Waals surface area contributed by atoms with Crippen molar-refractivity contribution in [2.45, 2.75) is 31.9 Å². The van der Waals surface area contributed by atoms with Gasteiger partial charge in [0.05, 0.1) is 6.10 Å². The highest BCUT2D eigenvalue weighted by atomic mass is 16.5. The van der Waals surface area contributed by atoms with E-state index >= 15 is 0 Å². The van der Waals surface area contributed by atoms with Crippen molar-refractivity contribution in [3.63, 3.8) is 0 Å². The summed E-state index contributed by atoms with van der Waals surface area (Å²) in [5.74, 6) is 0.660. The third kappa shape index (κ3) is 2.08. The van der Waals surface area contributed by atoms with E-state index in [0.29, 0.717) is 18.1 Å². The van der Waals surface area contributed by atoms with E-state index in [4.69, 9.17) is 4.74 Å². The molecule has 1 saturated heterocycles. The van der Waals surface area contributed by atoms with Crippen molar-refractivity contribution in [3.8, 4) is 0 Å². The van der Waals surface area contributed by atoms with Crippen LogP contribution in [0.4, 0.5) is 0 Å². The molecule has 0 radical (unpaired) electrons. The van der Waals surface area contributed by atoms with E-state index in [0.717, 1.165) is 13.0 Å². The highest BCUT2D eigenvalue weighted by molar-refractivity contribution is 4.87. The Balaban J connectivity index is 2.46. The molecule has 70 valence electrons. The fraction of sp³-hybridized carbons (Fsp3) is 0.800. The van der Waals surface area contributed by atoms with Crippen LogP contribution in [0, 0.1) is 5.92 Å². The summed E-state index contributed by atoms with van der Waals surface area (Å²) in [4.78, 5) is 0. The highest BCUT2D eigenvalue weighted by Crippen LogP contribution is 2.25. The van der Waals surface area contributed by atoms with E-state index in [1.54, 1.807) is 0 Å². The predicted octanol–water partition coefficient (Wildman–Crippen LogP) is 1.58. The zero-order valence-corrected chi connectivity index (χ0v) is 8.05. The zero-order chi connectivity index (χ0) is 8.97. The molecule has 12 heavy (non-hydrogen) atoms.